The van der Waals surface area contributed by atoms with Crippen molar-refractivity contribution in [3.8, 4) is 11.3 Å². The average molecular weight is 322 g/mol. The molecule has 2 rings (SSSR count). The van der Waals surface area contributed by atoms with Gasteiger partial charge in [-0.25, -0.2) is 14.2 Å². The zero-order valence-electron chi connectivity index (χ0n) is 12.7. The first-order valence-corrected chi connectivity index (χ1v) is 8.08. The third kappa shape index (κ3) is 3.69. The van der Waals surface area contributed by atoms with Crippen molar-refractivity contribution >= 4 is 17.3 Å². The quantitative estimate of drug-likeness (QED) is 0.847. The van der Waals surface area contributed by atoms with Crippen LogP contribution >= 0.6 is 11.3 Å². The van der Waals surface area contributed by atoms with Gasteiger partial charge in [-0.15, -0.1) is 11.3 Å². The number of likely N-dealkylation sites (N-methyl/N-ethyl adjacent to an activating group) is 1. The molecule has 0 radical (unpaired) electrons. The van der Waals surface area contributed by atoms with Crippen molar-refractivity contribution in [2.75, 3.05) is 19.6 Å². The van der Waals surface area contributed by atoms with Crippen LogP contribution in [-0.4, -0.2) is 40.6 Å². The Kier molecular flexibility index (Phi) is 5.63. The smallest absolute Gasteiger partial charge is 0.348 e. The van der Waals surface area contributed by atoms with Crippen molar-refractivity contribution in [2.45, 2.75) is 20.3 Å². The van der Waals surface area contributed by atoms with Crippen molar-refractivity contribution in [1.82, 2.24) is 9.88 Å². The number of carboxylic acids is 1. The van der Waals surface area contributed by atoms with Crippen LogP contribution in [-0.2, 0) is 6.42 Å². The second-order valence-electron chi connectivity index (χ2n) is 4.85. The Morgan fingerprint density at radius 2 is 2.00 bits per heavy atom. The Labute approximate surface area is 133 Å². The van der Waals surface area contributed by atoms with E-state index < -0.39 is 11.8 Å². The van der Waals surface area contributed by atoms with Crippen LogP contribution < -0.4 is 0 Å². The van der Waals surface area contributed by atoms with Gasteiger partial charge in [-0.3, -0.25) is 0 Å². The minimum Gasteiger partial charge on any atom is -0.477 e. The van der Waals surface area contributed by atoms with Gasteiger partial charge in [0, 0.05) is 18.5 Å². The van der Waals surface area contributed by atoms with Gasteiger partial charge in [0.05, 0.1) is 10.7 Å². The SMILES string of the molecule is CCN(CC)CCc1nc(-c2ccccc2F)c(C(=O)O)s1. The molecule has 0 aliphatic heterocycles. The van der Waals surface area contributed by atoms with Crippen LogP contribution in [0.1, 0.15) is 28.5 Å². The fourth-order valence-corrected chi connectivity index (χ4v) is 3.15. The summed E-state index contributed by atoms with van der Waals surface area (Å²) >= 11 is 1.13. The highest BCUT2D eigenvalue weighted by Gasteiger charge is 2.21. The molecule has 22 heavy (non-hydrogen) atoms. The highest BCUT2D eigenvalue weighted by atomic mass is 32.1. The lowest BCUT2D eigenvalue weighted by Gasteiger charge is -2.16. The molecule has 6 heteroatoms. The van der Waals surface area contributed by atoms with E-state index in [1.807, 2.05) is 0 Å². The maximum Gasteiger partial charge on any atom is 0.348 e. The van der Waals surface area contributed by atoms with Crippen molar-refractivity contribution < 1.29 is 14.3 Å². The van der Waals surface area contributed by atoms with Crippen LogP contribution in [0.3, 0.4) is 0 Å². The Morgan fingerprint density at radius 3 is 2.59 bits per heavy atom. The molecule has 1 aromatic carbocycles. The maximum atomic E-state index is 13.9. The molecule has 0 unspecified atom stereocenters. The Morgan fingerprint density at radius 1 is 1.32 bits per heavy atom. The van der Waals surface area contributed by atoms with Gasteiger partial charge >= 0.3 is 5.97 Å². The Balaban J connectivity index is 2.31. The van der Waals surface area contributed by atoms with E-state index in [0.29, 0.717) is 6.42 Å². The summed E-state index contributed by atoms with van der Waals surface area (Å²) in [4.78, 5) is 18.1. The predicted molar refractivity (Wildman–Crippen MR) is 86.0 cm³/mol. The molecule has 0 bridgehead atoms. The van der Waals surface area contributed by atoms with E-state index in [9.17, 15) is 14.3 Å². The number of thiazole rings is 1. The summed E-state index contributed by atoms with van der Waals surface area (Å²) in [5.74, 6) is -1.52. The molecule has 4 nitrogen and oxygen atoms in total. The zero-order chi connectivity index (χ0) is 16.1. The number of carbonyl (C=O) groups is 1. The average Bonchev–Trinajstić information content (AvgIpc) is 2.93. The molecule has 0 amide bonds. The summed E-state index contributed by atoms with van der Waals surface area (Å²) < 4.78 is 13.9. The number of hydrogen-bond acceptors (Lipinski definition) is 4. The zero-order valence-corrected chi connectivity index (χ0v) is 13.5. The number of nitrogens with zero attached hydrogens (tertiary/aromatic N) is 2. The molecule has 118 valence electrons. The molecule has 0 fully saturated rings. The lowest BCUT2D eigenvalue weighted by atomic mass is 10.1. The number of hydrogen-bond donors (Lipinski definition) is 1. The van der Waals surface area contributed by atoms with Gasteiger partial charge in [-0.05, 0) is 25.2 Å². The normalized spacial score (nSPS) is 11.1. The largest absolute Gasteiger partial charge is 0.477 e. The van der Waals surface area contributed by atoms with Gasteiger partial charge in [-0.2, -0.15) is 0 Å². The third-order valence-corrected chi connectivity index (χ3v) is 4.63. The van der Waals surface area contributed by atoms with Gasteiger partial charge in [0.25, 0.3) is 0 Å². The van der Waals surface area contributed by atoms with E-state index in [1.165, 1.54) is 6.07 Å². The second-order valence-corrected chi connectivity index (χ2v) is 5.93. The molecule has 1 heterocycles. The molecule has 0 aliphatic carbocycles. The van der Waals surface area contributed by atoms with Crippen LogP contribution in [0.15, 0.2) is 24.3 Å². The summed E-state index contributed by atoms with van der Waals surface area (Å²) in [6.45, 7) is 6.86. The molecule has 0 aliphatic rings. The topological polar surface area (TPSA) is 53.4 Å². The van der Waals surface area contributed by atoms with Crippen molar-refractivity contribution in [1.29, 1.82) is 0 Å². The van der Waals surface area contributed by atoms with Gasteiger partial charge in [0.15, 0.2) is 0 Å². The first kappa shape index (κ1) is 16.6. The molecule has 0 atom stereocenters. The lowest BCUT2D eigenvalue weighted by molar-refractivity contribution is 0.0702. The van der Waals surface area contributed by atoms with Crippen LogP contribution in [0.2, 0.25) is 0 Å². The number of halogens is 1. The van der Waals surface area contributed by atoms with Crippen LogP contribution in [0, 0.1) is 5.82 Å². The fraction of sp³-hybridized carbons (Fsp3) is 0.375. The molecule has 0 saturated heterocycles. The maximum absolute atomic E-state index is 13.9. The summed E-state index contributed by atoms with van der Waals surface area (Å²) in [5.41, 5.74) is 0.468. The van der Waals surface area contributed by atoms with Gasteiger partial charge in [-0.1, -0.05) is 26.0 Å². The molecule has 1 N–H and O–H groups in total. The molecular formula is C16H19FN2O2S. The first-order valence-electron chi connectivity index (χ1n) is 7.27. The summed E-state index contributed by atoms with van der Waals surface area (Å²) in [6.07, 6.45) is 0.668. The number of carboxylic acid groups (broad SMARTS) is 1. The van der Waals surface area contributed by atoms with E-state index in [-0.39, 0.29) is 16.1 Å². The van der Waals surface area contributed by atoms with Crippen LogP contribution in [0.4, 0.5) is 4.39 Å². The highest BCUT2D eigenvalue weighted by molar-refractivity contribution is 7.14. The summed E-state index contributed by atoms with van der Waals surface area (Å²) in [5, 5.41) is 10.1. The molecular weight excluding hydrogens is 303 g/mol. The molecule has 1 aromatic heterocycles. The van der Waals surface area contributed by atoms with Crippen molar-refractivity contribution in [3.63, 3.8) is 0 Å². The Bertz CT molecular complexity index is 653. The van der Waals surface area contributed by atoms with Gasteiger partial charge in [0.1, 0.15) is 10.7 Å². The fourth-order valence-electron chi connectivity index (χ4n) is 2.25. The van der Waals surface area contributed by atoms with E-state index in [0.717, 1.165) is 36.0 Å². The number of rotatable bonds is 7. The monoisotopic (exact) mass is 322 g/mol. The van der Waals surface area contributed by atoms with Crippen LogP contribution in [0.25, 0.3) is 11.3 Å². The van der Waals surface area contributed by atoms with E-state index in [2.05, 4.69) is 23.7 Å². The number of aromatic carboxylic acids is 1. The standard InChI is InChI=1S/C16H19FN2O2S/c1-3-19(4-2)10-9-13-18-14(15(22-13)16(20)21)11-7-5-6-8-12(11)17/h5-8H,3-4,9-10H2,1-2H3,(H,20,21). The van der Waals surface area contributed by atoms with E-state index in [4.69, 9.17) is 0 Å². The van der Waals surface area contributed by atoms with Crippen LogP contribution in [0.5, 0.6) is 0 Å². The lowest BCUT2D eigenvalue weighted by Crippen LogP contribution is -2.25. The van der Waals surface area contributed by atoms with Crippen molar-refractivity contribution in [2.24, 2.45) is 0 Å². The minimum absolute atomic E-state index is 0.0969. The highest BCUT2D eigenvalue weighted by Crippen LogP contribution is 2.30. The predicted octanol–water partition coefficient (Wildman–Crippen LogP) is 3.53. The van der Waals surface area contributed by atoms with Gasteiger partial charge < -0.3 is 10.0 Å². The third-order valence-electron chi connectivity index (χ3n) is 3.53. The van der Waals surface area contributed by atoms with E-state index in [1.54, 1.807) is 18.2 Å². The Hall–Kier alpha value is -1.79. The minimum atomic E-state index is -1.06. The molecule has 2 aromatic rings. The number of aromatic nitrogens is 1. The number of benzene rings is 1. The summed E-state index contributed by atoms with van der Waals surface area (Å²) in [7, 11) is 0. The van der Waals surface area contributed by atoms with Crippen molar-refractivity contribution in [3.05, 3.63) is 40.0 Å². The van der Waals surface area contributed by atoms with Gasteiger partial charge in [0.2, 0.25) is 0 Å². The second kappa shape index (κ2) is 7.47. The molecule has 0 saturated carbocycles. The first-order chi connectivity index (χ1) is 10.6. The summed E-state index contributed by atoms with van der Waals surface area (Å²) in [6, 6.07) is 6.13. The molecule has 0 spiro atoms. The van der Waals surface area contributed by atoms with E-state index >= 15 is 0 Å².